The molecule has 0 aromatic heterocycles. The van der Waals surface area contributed by atoms with Gasteiger partial charge in [0.05, 0.1) is 0 Å². The number of hydrogen-bond acceptors (Lipinski definition) is 2. The maximum atomic E-state index is 5.40. The van der Waals surface area contributed by atoms with E-state index in [4.69, 9.17) is 11.5 Å². The van der Waals surface area contributed by atoms with Gasteiger partial charge in [-0.15, -0.1) is 0 Å². The molecule has 0 heterocycles. The Balaban J connectivity index is 0. The van der Waals surface area contributed by atoms with Crippen molar-refractivity contribution in [1.29, 1.82) is 0 Å². The molecule has 0 rings (SSSR count). The van der Waals surface area contributed by atoms with Gasteiger partial charge in [0.1, 0.15) is 0 Å². The molecule has 2 nitrogen and oxygen atoms in total. The zero-order chi connectivity index (χ0) is 6.41. The van der Waals surface area contributed by atoms with Gasteiger partial charge in [-0.25, -0.2) is 0 Å². The van der Waals surface area contributed by atoms with Crippen molar-refractivity contribution in [1.82, 2.24) is 0 Å². The molecule has 0 aromatic rings. The molecule has 50 valence electrons. The molecule has 0 spiro atoms. The Kier molecular flexibility index (Phi) is 10.3. The number of rotatable bonds is 3. The van der Waals surface area contributed by atoms with E-state index in [0.29, 0.717) is 0 Å². The van der Waals surface area contributed by atoms with Crippen molar-refractivity contribution in [3.63, 3.8) is 0 Å². The molecule has 0 aliphatic rings. The Morgan fingerprint density at radius 3 is 2.44 bits per heavy atom. The summed E-state index contributed by atoms with van der Waals surface area (Å²) in [4.78, 5) is 0. The van der Waals surface area contributed by atoms with Crippen LogP contribution >= 0.6 is 0 Å². The number of hydrogen-bond donors (Lipinski definition) is 2. The third-order valence-corrected chi connectivity index (χ3v) is 1.03. The average Bonchev–Trinajstić information content (AvgIpc) is 1.83. The summed E-state index contributed by atoms with van der Waals surface area (Å²) in [5.74, 6) is 0. The Labute approximate surface area is 68.9 Å². The minimum atomic E-state index is 0. The third-order valence-electron chi connectivity index (χ3n) is 1.03. The second kappa shape index (κ2) is 7.94. The van der Waals surface area contributed by atoms with Gasteiger partial charge < -0.3 is 11.5 Å². The second-order valence-corrected chi connectivity index (χ2v) is 1.85. The van der Waals surface area contributed by atoms with Crippen LogP contribution < -0.4 is 11.5 Å². The zero-order valence-corrected chi connectivity index (χ0v) is 5.35. The molecule has 0 unspecified atom stereocenters. The Morgan fingerprint density at radius 2 is 2.11 bits per heavy atom. The van der Waals surface area contributed by atoms with E-state index in [0.717, 1.165) is 18.5 Å². The first kappa shape index (κ1) is 11.7. The predicted molar refractivity (Wildman–Crippen MR) is 43.1 cm³/mol. The molecular weight excluding hydrogens is 107 g/mol. The standard InChI is InChI=1S/C6H14N2.Li.H/c1-2-3-4-6(8)5-7;;/h5H,2-4,7-8H2,1H3;;. The molecule has 0 saturated carbocycles. The Bertz CT molecular complexity index is 81.1. The van der Waals surface area contributed by atoms with Crippen molar-refractivity contribution in [2.45, 2.75) is 26.2 Å². The van der Waals surface area contributed by atoms with E-state index in [-0.39, 0.29) is 18.9 Å². The fraction of sp³-hybridized carbons (Fsp3) is 0.667. The van der Waals surface area contributed by atoms with Crippen LogP contribution in [0.5, 0.6) is 0 Å². The van der Waals surface area contributed by atoms with Gasteiger partial charge in [-0.05, 0) is 12.8 Å². The summed E-state index contributed by atoms with van der Waals surface area (Å²) in [5, 5.41) is 0. The van der Waals surface area contributed by atoms with Crippen molar-refractivity contribution >= 4 is 18.9 Å². The van der Waals surface area contributed by atoms with Crippen LogP contribution in [-0.2, 0) is 0 Å². The molecule has 0 amide bonds. The molecule has 0 bridgehead atoms. The molecule has 3 heteroatoms. The normalized spacial score (nSPS) is 10.6. The van der Waals surface area contributed by atoms with E-state index in [1.54, 1.807) is 0 Å². The average molecular weight is 122 g/mol. The van der Waals surface area contributed by atoms with Crippen LogP contribution in [0.4, 0.5) is 0 Å². The second-order valence-electron chi connectivity index (χ2n) is 1.85. The summed E-state index contributed by atoms with van der Waals surface area (Å²) in [5.41, 5.74) is 11.3. The first-order valence-corrected chi connectivity index (χ1v) is 2.97. The maximum absolute atomic E-state index is 5.40. The minimum absolute atomic E-state index is 0. The molecule has 4 N–H and O–H groups in total. The summed E-state index contributed by atoms with van der Waals surface area (Å²) in [6.07, 6.45) is 4.72. The fourth-order valence-electron chi connectivity index (χ4n) is 0.464. The van der Waals surface area contributed by atoms with Crippen LogP contribution in [-0.4, -0.2) is 18.9 Å². The van der Waals surface area contributed by atoms with Crippen LogP contribution in [0.3, 0.4) is 0 Å². The van der Waals surface area contributed by atoms with Gasteiger partial charge in [-0.1, -0.05) is 13.3 Å². The summed E-state index contributed by atoms with van der Waals surface area (Å²) >= 11 is 0. The quantitative estimate of drug-likeness (QED) is 0.528. The van der Waals surface area contributed by atoms with Crippen molar-refractivity contribution in [2.75, 3.05) is 0 Å². The third kappa shape index (κ3) is 7.94. The fourth-order valence-corrected chi connectivity index (χ4v) is 0.464. The van der Waals surface area contributed by atoms with E-state index in [1.165, 1.54) is 12.6 Å². The van der Waals surface area contributed by atoms with Crippen LogP contribution in [0, 0.1) is 0 Å². The van der Waals surface area contributed by atoms with Gasteiger partial charge in [-0.2, -0.15) is 0 Å². The van der Waals surface area contributed by atoms with Crippen molar-refractivity contribution in [3.8, 4) is 0 Å². The SMILES string of the molecule is CCCCC(N)=CN.[LiH]. The van der Waals surface area contributed by atoms with E-state index in [9.17, 15) is 0 Å². The molecule has 0 atom stereocenters. The first-order chi connectivity index (χ1) is 3.81. The molecule has 0 fully saturated rings. The number of allylic oxidation sites excluding steroid dienone is 1. The van der Waals surface area contributed by atoms with Gasteiger partial charge in [0.2, 0.25) is 0 Å². The van der Waals surface area contributed by atoms with Gasteiger partial charge in [0, 0.05) is 11.9 Å². The van der Waals surface area contributed by atoms with Crippen molar-refractivity contribution < 1.29 is 0 Å². The molecule has 0 aromatic carbocycles. The first-order valence-electron chi connectivity index (χ1n) is 2.97. The summed E-state index contributed by atoms with van der Waals surface area (Å²) in [7, 11) is 0. The van der Waals surface area contributed by atoms with Crippen LogP contribution in [0.25, 0.3) is 0 Å². The van der Waals surface area contributed by atoms with Crippen molar-refractivity contribution in [3.05, 3.63) is 11.9 Å². The van der Waals surface area contributed by atoms with Crippen molar-refractivity contribution in [2.24, 2.45) is 11.5 Å². The number of nitrogens with two attached hydrogens (primary N) is 2. The van der Waals surface area contributed by atoms with E-state index in [1.807, 2.05) is 0 Å². The summed E-state index contributed by atoms with van der Waals surface area (Å²) < 4.78 is 0. The van der Waals surface area contributed by atoms with Gasteiger partial charge in [0.25, 0.3) is 0 Å². The topological polar surface area (TPSA) is 52.0 Å². The van der Waals surface area contributed by atoms with Crippen LogP contribution in [0.15, 0.2) is 11.9 Å². The van der Waals surface area contributed by atoms with Gasteiger partial charge in [0.15, 0.2) is 0 Å². The van der Waals surface area contributed by atoms with E-state index < -0.39 is 0 Å². The van der Waals surface area contributed by atoms with Gasteiger partial charge in [-0.3, -0.25) is 0 Å². The molecule has 0 radical (unpaired) electrons. The molecule has 0 aliphatic carbocycles. The van der Waals surface area contributed by atoms with Crippen LogP contribution in [0.1, 0.15) is 26.2 Å². The van der Waals surface area contributed by atoms with E-state index >= 15 is 0 Å². The monoisotopic (exact) mass is 122 g/mol. The predicted octanol–water partition coefficient (Wildman–Crippen LogP) is 0.287. The molecule has 0 saturated heterocycles. The number of unbranched alkanes of at least 4 members (excludes halogenated alkanes) is 1. The Hall–Kier alpha value is -0.0626. The molecule has 0 aliphatic heterocycles. The summed E-state index contributed by atoms with van der Waals surface area (Å²) in [6, 6.07) is 0. The Morgan fingerprint density at radius 1 is 1.56 bits per heavy atom. The zero-order valence-electron chi connectivity index (χ0n) is 5.35. The van der Waals surface area contributed by atoms with Gasteiger partial charge >= 0.3 is 18.9 Å². The summed E-state index contributed by atoms with van der Waals surface area (Å²) in [6.45, 7) is 2.13. The molecular formula is C6H15LiN2. The van der Waals surface area contributed by atoms with E-state index in [2.05, 4.69) is 6.92 Å². The van der Waals surface area contributed by atoms with Crippen LogP contribution in [0.2, 0.25) is 0 Å². The molecule has 9 heavy (non-hydrogen) atoms.